The zero-order chi connectivity index (χ0) is 25.1. The number of anilines is 1. The van der Waals surface area contributed by atoms with Crippen LogP contribution in [0.1, 0.15) is 16.7 Å². The number of non-ortho nitro benzene ring substituents is 1. The number of benzene rings is 3. The number of imide groups is 2. The summed E-state index contributed by atoms with van der Waals surface area (Å²) in [6.07, 6.45) is 1.41. The normalized spacial score (nSPS) is 14.7. The Kier molecular flexibility index (Phi) is 6.92. The predicted octanol–water partition coefficient (Wildman–Crippen LogP) is 4.75. The molecule has 0 bridgehead atoms. The van der Waals surface area contributed by atoms with Crippen molar-refractivity contribution in [3.8, 4) is 5.75 Å². The molecule has 0 aliphatic carbocycles. The Labute approximate surface area is 213 Å². The average molecular weight is 583 g/mol. The molecule has 1 aliphatic heterocycles. The maximum absolute atomic E-state index is 13.0. The van der Waals surface area contributed by atoms with Gasteiger partial charge in [0, 0.05) is 12.1 Å². The first-order valence-corrected chi connectivity index (χ1v) is 11.4. The van der Waals surface area contributed by atoms with Crippen LogP contribution in [0.15, 0.2) is 72.3 Å². The van der Waals surface area contributed by atoms with Gasteiger partial charge >= 0.3 is 6.03 Å². The van der Waals surface area contributed by atoms with Crippen LogP contribution in [0.4, 0.5) is 16.2 Å². The number of nitrogens with one attached hydrogen (secondary N) is 1. The summed E-state index contributed by atoms with van der Waals surface area (Å²) >= 11 is 2.06. The summed E-state index contributed by atoms with van der Waals surface area (Å²) in [6.45, 7) is 2.02. The van der Waals surface area contributed by atoms with E-state index >= 15 is 0 Å². The lowest BCUT2D eigenvalue weighted by Gasteiger charge is -2.26. The van der Waals surface area contributed by atoms with Crippen LogP contribution in [0.3, 0.4) is 0 Å². The summed E-state index contributed by atoms with van der Waals surface area (Å²) in [5.74, 6) is -0.955. The number of rotatable bonds is 6. The first-order chi connectivity index (χ1) is 16.7. The average Bonchev–Trinajstić information content (AvgIpc) is 2.82. The standard InChI is InChI=1S/C25H18IN3O6/c1-15-5-8-18(9-6-15)28-24(31)20(23(30)27-25(28)32)12-16-7-10-22(21(26)13-16)35-14-17-3-2-4-19(11-17)29(33)34/h2-13H,14H2,1H3,(H,27,30,32)/b20-12+. The Bertz CT molecular complexity index is 1380. The van der Waals surface area contributed by atoms with Crippen molar-refractivity contribution in [3.05, 3.63) is 103 Å². The van der Waals surface area contributed by atoms with Crippen LogP contribution in [-0.2, 0) is 16.2 Å². The van der Waals surface area contributed by atoms with E-state index in [0.29, 0.717) is 26.1 Å². The van der Waals surface area contributed by atoms with Crippen molar-refractivity contribution in [3.63, 3.8) is 0 Å². The summed E-state index contributed by atoms with van der Waals surface area (Å²) in [7, 11) is 0. The second kappa shape index (κ2) is 10.1. The number of nitro groups is 1. The highest BCUT2D eigenvalue weighted by Crippen LogP contribution is 2.27. The molecule has 1 heterocycles. The number of ether oxygens (including phenoxy) is 1. The largest absolute Gasteiger partial charge is 0.488 e. The van der Waals surface area contributed by atoms with Crippen LogP contribution in [0, 0.1) is 20.6 Å². The molecule has 4 rings (SSSR count). The Hall–Kier alpha value is -4.06. The molecule has 0 aromatic heterocycles. The molecule has 1 N–H and O–H groups in total. The Morgan fingerprint density at radius 3 is 2.49 bits per heavy atom. The fraction of sp³-hybridized carbons (Fsp3) is 0.0800. The van der Waals surface area contributed by atoms with Crippen LogP contribution >= 0.6 is 22.6 Å². The van der Waals surface area contributed by atoms with Gasteiger partial charge in [-0.25, -0.2) is 9.69 Å². The molecule has 10 heteroatoms. The first-order valence-electron chi connectivity index (χ1n) is 10.4. The summed E-state index contributed by atoms with van der Waals surface area (Å²) < 4.78 is 6.50. The molecule has 0 saturated carbocycles. The number of aryl methyl sites for hydroxylation is 1. The highest BCUT2D eigenvalue weighted by molar-refractivity contribution is 14.1. The maximum atomic E-state index is 13.0. The minimum atomic E-state index is -0.805. The van der Waals surface area contributed by atoms with E-state index in [1.807, 2.05) is 6.92 Å². The van der Waals surface area contributed by atoms with Gasteiger partial charge in [0.05, 0.1) is 14.2 Å². The number of halogens is 1. The van der Waals surface area contributed by atoms with Crippen molar-refractivity contribution in [1.29, 1.82) is 0 Å². The lowest BCUT2D eigenvalue weighted by molar-refractivity contribution is -0.384. The third kappa shape index (κ3) is 5.38. The number of carbonyl (C=O) groups is 3. The van der Waals surface area contributed by atoms with E-state index in [1.54, 1.807) is 54.6 Å². The molecule has 9 nitrogen and oxygen atoms in total. The van der Waals surface area contributed by atoms with Crippen LogP contribution in [-0.4, -0.2) is 22.8 Å². The Morgan fingerprint density at radius 1 is 1.06 bits per heavy atom. The fourth-order valence-electron chi connectivity index (χ4n) is 3.40. The van der Waals surface area contributed by atoms with Gasteiger partial charge in [-0.1, -0.05) is 35.9 Å². The first kappa shape index (κ1) is 24.1. The van der Waals surface area contributed by atoms with Crippen LogP contribution < -0.4 is 15.0 Å². The van der Waals surface area contributed by atoms with E-state index < -0.39 is 22.8 Å². The third-order valence-electron chi connectivity index (χ3n) is 5.18. The van der Waals surface area contributed by atoms with Gasteiger partial charge in [-0.2, -0.15) is 0 Å². The van der Waals surface area contributed by atoms with Gasteiger partial charge in [0.25, 0.3) is 17.5 Å². The minimum Gasteiger partial charge on any atom is -0.488 e. The van der Waals surface area contributed by atoms with Gasteiger partial charge in [-0.05, 0) is 71.0 Å². The summed E-state index contributed by atoms with van der Waals surface area (Å²) in [5.41, 5.74) is 2.34. The number of carbonyl (C=O) groups excluding carboxylic acids is 3. The third-order valence-corrected chi connectivity index (χ3v) is 6.02. The molecule has 0 radical (unpaired) electrons. The lowest BCUT2D eigenvalue weighted by Crippen LogP contribution is -2.54. The number of hydrogen-bond acceptors (Lipinski definition) is 6. The minimum absolute atomic E-state index is 0.0173. The van der Waals surface area contributed by atoms with Gasteiger partial charge in [-0.15, -0.1) is 0 Å². The summed E-state index contributed by atoms with van der Waals surface area (Å²) in [5, 5.41) is 13.1. The van der Waals surface area contributed by atoms with Crippen molar-refractivity contribution in [1.82, 2.24) is 5.32 Å². The number of barbiturate groups is 1. The van der Waals surface area contributed by atoms with Crippen LogP contribution in [0.2, 0.25) is 0 Å². The van der Waals surface area contributed by atoms with Crippen molar-refractivity contribution in [2.75, 3.05) is 4.90 Å². The SMILES string of the molecule is Cc1ccc(N2C(=O)NC(=O)/C(=C\c3ccc(OCc4cccc([N+](=O)[O-])c4)c(I)c3)C2=O)cc1. The van der Waals surface area contributed by atoms with E-state index in [4.69, 9.17) is 4.74 Å². The molecule has 0 unspecified atom stereocenters. The highest BCUT2D eigenvalue weighted by atomic mass is 127. The van der Waals surface area contributed by atoms with Crippen molar-refractivity contribution in [2.24, 2.45) is 0 Å². The lowest BCUT2D eigenvalue weighted by atomic mass is 10.1. The number of amides is 4. The van der Waals surface area contributed by atoms with Gasteiger partial charge in [0.2, 0.25) is 0 Å². The molecule has 1 saturated heterocycles. The van der Waals surface area contributed by atoms with E-state index in [2.05, 4.69) is 27.9 Å². The molecule has 4 amide bonds. The number of nitrogens with zero attached hydrogens (tertiary/aromatic N) is 2. The van der Waals surface area contributed by atoms with Crippen molar-refractivity contribution >= 4 is 57.9 Å². The molecular weight excluding hydrogens is 565 g/mol. The zero-order valence-electron chi connectivity index (χ0n) is 18.4. The van der Waals surface area contributed by atoms with Crippen molar-refractivity contribution in [2.45, 2.75) is 13.5 Å². The molecule has 3 aromatic carbocycles. The summed E-state index contributed by atoms with van der Waals surface area (Å²) in [4.78, 5) is 49.2. The molecule has 3 aromatic rings. The molecule has 35 heavy (non-hydrogen) atoms. The second-order valence-electron chi connectivity index (χ2n) is 7.70. The quantitative estimate of drug-likeness (QED) is 0.147. The zero-order valence-corrected chi connectivity index (χ0v) is 20.5. The number of nitro benzene ring substituents is 1. The summed E-state index contributed by atoms with van der Waals surface area (Å²) in [6, 6.07) is 17.3. The predicted molar refractivity (Wildman–Crippen MR) is 137 cm³/mol. The van der Waals surface area contributed by atoms with Crippen LogP contribution in [0.5, 0.6) is 5.75 Å². The van der Waals surface area contributed by atoms with Crippen molar-refractivity contribution < 1.29 is 24.0 Å². The Morgan fingerprint density at radius 2 is 1.80 bits per heavy atom. The monoisotopic (exact) mass is 583 g/mol. The maximum Gasteiger partial charge on any atom is 0.335 e. The van der Waals surface area contributed by atoms with E-state index in [-0.39, 0.29) is 17.9 Å². The molecule has 0 atom stereocenters. The van der Waals surface area contributed by atoms with Gasteiger partial charge in [0.15, 0.2) is 0 Å². The van der Waals surface area contributed by atoms with Crippen LogP contribution in [0.25, 0.3) is 6.08 Å². The second-order valence-corrected chi connectivity index (χ2v) is 8.86. The molecule has 176 valence electrons. The van der Waals surface area contributed by atoms with Gasteiger partial charge in [-0.3, -0.25) is 25.0 Å². The fourth-order valence-corrected chi connectivity index (χ4v) is 4.09. The smallest absolute Gasteiger partial charge is 0.335 e. The van der Waals surface area contributed by atoms with E-state index in [9.17, 15) is 24.5 Å². The van der Waals surface area contributed by atoms with Gasteiger partial charge in [0.1, 0.15) is 17.9 Å². The highest BCUT2D eigenvalue weighted by Gasteiger charge is 2.36. The topological polar surface area (TPSA) is 119 Å². The molecule has 0 spiro atoms. The Balaban J connectivity index is 1.54. The molecular formula is C25H18IN3O6. The molecule has 1 fully saturated rings. The van der Waals surface area contributed by atoms with E-state index in [0.717, 1.165) is 10.5 Å². The van der Waals surface area contributed by atoms with Gasteiger partial charge < -0.3 is 4.74 Å². The molecule has 1 aliphatic rings. The number of hydrogen-bond donors (Lipinski definition) is 1. The van der Waals surface area contributed by atoms with E-state index in [1.165, 1.54) is 18.2 Å². The number of urea groups is 1.